The fourth-order valence-corrected chi connectivity index (χ4v) is 7.35. The summed E-state index contributed by atoms with van der Waals surface area (Å²) in [4.78, 5) is 11.2. The van der Waals surface area contributed by atoms with Crippen molar-refractivity contribution in [2.75, 3.05) is 271 Å². The maximum atomic E-state index is 11.2. The third-order valence-corrected chi connectivity index (χ3v) is 12.0. The molecule has 0 radical (unpaired) electrons. The van der Waals surface area contributed by atoms with E-state index >= 15 is 0 Å². The molecule has 0 aromatic heterocycles. The summed E-state index contributed by atoms with van der Waals surface area (Å²) < 4.78 is 115. The second kappa shape index (κ2) is 77.5. The lowest BCUT2D eigenvalue weighted by Gasteiger charge is -2.09. The standard InChI is InChI=1S/C62H122O22/c1-4-5-6-7-8-9-10-11-12-13-14-15-16-17-18-19-20-64-21-22-65-23-24-66-25-26-67-27-28-68-29-30-69-31-32-70-33-34-71-35-36-72-37-38-73-39-40-74-41-42-75-43-44-76-45-46-77-47-48-78-49-50-79-51-52-80-53-54-81-55-56-82-57-58-83-59-60-84-62(63)61(2)3/h2,4-60H2,1,3H3. The lowest BCUT2D eigenvalue weighted by Crippen LogP contribution is -2.16. The first-order valence-corrected chi connectivity index (χ1v) is 32.1. The number of ether oxygens (including phenoxy) is 21. The first kappa shape index (κ1) is 82.4. The average molecular weight is 1220 g/mol. The van der Waals surface area contributed by atoms with Gasteiger partial charge in [-0.25, -0.2) is 4.79 Å². The molecule has 0 fully saturated rings. The van der Waals surface area contributed by atoms with Gasteiger partial charge in [-0.3, -0.25) is 0 Å². The normalized spacial score (nSPS) is 11.6. The van der Waals surface area contributed by atoms with Gasteiger partial charge in [0.15, 0.2) is 0 Å². The van der Waals surface area contributed by atoms with Crippen molar-refractivity contribution in [2.24, 2.45) is 0 Å². The van der Waals surface area contributed by atoms with E-state index in [9.17, 15) is 4.79 Å². The van der Waals surface area contributed by atoms with Crippen molar-refractivity contribution in [2.45, 2.75) is 117 Å². The van der Waals surface area contributed by atoms with Crippen LogP contribution in [0.1, 0.15) is 117 Å². The predicted molar refractivity (Wildman–Crippen MR) is 322 cm³/mol. The van der Waals surface area contributed by atoms with Gasteiger partial charge in [-0.05, 0) is 13.3 Å². The summed E-state index contributed by atoms with van der Waals surface area (Å²) >= 11 is 0. The second-order valence-corrected chi connectivity index (χ2v) is 19.5. The van der Waals surface area contributed by atoms with Gasteiger partial charge in [-0.2, -0.15) is 0 Å². The number of unbranched alkanes of at least 4 members (excludes halogenated alkanes) is 15. The van der Waals surface area contributed by atoms with Crippen LogP contribution >= 0.6 is 0 Å². The molecule has 0 bridgehead atoms. The number of hydrogen-bond donors (Lipinski definition) is 0. The van der Waals surface area contributed by atoms with Crippen LogP contribution in [-0.4, -0.2) is 277 Å². The third kappa shape index (κ3) is 76.5. The van der Waals surface area contributed by atoms with E-state index in [2.05, 4.69) is 13.5 Å². The minimum Gasteiger partial charge on any atom is -0.460 e. The van der Waals surface area contributed by atoms with Crippen LogP contribution in [0.2, 0.25) is 0 Å². The molecule has 22 nitrogen and oxygen atoms in total. The minimum absolute atomic E-state index is 0.193. The van der Waals surface area contributed by atoms with Crippen molar-refractivity contribution in [1.82, 2.24) is 0 Å². The molecule has 0 saturated heterocycles. The molecule has 0 aliphatic heterocycles. The molecule has 0 unspecified atom stereocenters. The molecule has 0 N–H and O–H groups in total. The van der Waals surface area contributed by atoms with Crippen molar-refractivity contribution in [3.8, 4) is 0 Å². The zero-order valence-electron chi connectivity index (χ0n) is 53.0. The summed E-state index contributed by atoms with van der Waals surface area (Å²) in [5.41, 5.74) is 0.366. The maximum absolute atomic E-state index is 11.2. The van der Waals surface area contributed by atoms with E-state index in [0.717, 1.165) is 13.0 Å². The summed E-state index contributed by atoms with van der Waals surface area (Å²) in [5.74, 6) is -0.417. The molecule has 0 aromatic carbocycles. The van der Waals surface area contributed by atoms with Gasteiger partial charge in [0.2, 0.25) is 0 Å². The minimum atomic E-state index is -0.417. The molecule has 0 spiro atoms. The Morgan fingerprint density at radius 1 is 0.202 bits per heavy atom. The fraction of sp³-hybridized carbons (Fsp3) is 0.952. The highest BCUT2D eigenvalue weighted by Crippen LogP contribution is 2.14. The van der Waals surface area contributed by atoms with E-state index in [0.29, 0.717) is 263 Å². The van der Waals surface area contributed by atoms with E-state index < -0.39 is 5.97 Å². The van der Waals surface area contributed by atoms with Gasteiger partial charge in [0.1, 0.15) is 6.61 Å². The molecular weight excluding hydrogens is 1100 g/mol. The van der Waals surface area contributed by atoms with E-state index in [-0.39, 0.29) is 6.61 Å². The van der Waals surface area contributed by atoms with Crippen molar-refractivity contribution in [3.05, 3.63) is 12.2 Å². The largest absolute Gasteiger partial charge is 0.460 e. The zero-order chi connectivity index (χ0) is 60.3. The summed E-state index contributed by atoms with van der Waals surface area (Å²) in [6.45, 7) is 27.7. The average Bonchev–Trinajstić information content (AvgIpc) is 3.49. The van der Waals surface area contributed by atoms with E-state index in [1.165, 1.54) is 96.3 Å². The summed E-state index contributed by atoms with van der Waals surface area (Å²) in [7, 11) is 0. The van der Waals surface area contributed by atoms with E-state index in [4.69, 9.17) is 99.5 Å². The molecule has 0 aliphatic carbocycles. The van der Waals surface area contributed by atoms with Crippen LogP contribution in [-0.2, 0) is 104 Å². The Bertz CT molecular complexity index is 1230. The SMILES string of the molecule is C=C(C)C(=O)OCCOCCOCCOCCOCCOCCOCCOCCOCCOCCOCCOCCOCCOCCOCCOCCOCCOCCOCCOCCOCCCCCCCCCCCCCCCCCC. The number of rotatable bonds is 78. The Kier molecular flexibility index (Phi) is 76.0. The molecule has 0 aromatic rings. The second-order valence-electron chi connectivity index (χ2n) is 19.5. The van der Waals surface area contributed by atoms with Crippen molar-refractivity contribution >= 4 is 5.97 Å². The Labute approximate surface area is 508 Å². The van der Waals surface area contributed by atoms with E-state index in [1.54, 1.807) is 6.92 Å². The Morgan fingerprint density at radius 3 is 0.488 bits per heavy atom. The van der Waals surface area contributed by atoms with Gasteiger partial charge in [-0.15, -0.1) is 0 Å². The van der Waals surface area contributed by atoms with Gasteiger partial charge in [0, 0.05) is 12.2 Å². The van der Waals surface area contributed by atoms with Crippen LogP contribution in [0.5, 0.6) is 0 Å². The summed E-state index contributed by atoms with van der Waals surface area (Å²) in [6.07, 6.45) is 22.1. The van der Waals surface area contributed by atoms with Gasteiger partial charge in [0.25, 0.3) is 0 Å². The molecule has 0 heterocycles. The van der Waals surface area contributed by atoms with Gasteiger partial charge in [0.05, 0.1) is 258 Å². The van der Waals surface area contributed by atoms with Crippen LogP contribution in [0.25, 0.3) is 0 Å². The van der Waals surface area contributed by atoms with Crippen molar-refractivity contribution < 1.29 is 104 Å². The van der Waals surface area contributed by atoms with Crippen molar-refractivity contribution in [3.63, 3.8) is 0 Å². The lowest BCUT2D eigenvalue weighted by molar-refractivity contribution is -0.140. The highest BCUT2D eigenvalue weighted by atomic mass is 16.6. The first-order valence-electron chi connectivity index (χ1n) is 32.1. The highest BCUT2D eigenvalue weighted by molar-refractivity contribution is 5.86. The van der Waals surface area contributed by atoms with Gasteiger partial charge >= 0.3 is 5.97 Å². The monoisotopic (exact) mass is 1220 g/mol. The van der Waals surface area contributed by atoms with Crippen LogP contribution in [0.15, 0.2) is 12.2 Å². The molecule has 84 heavy (non-hydrogen) atoms. The molecule has 0 saturated carbocycles. The number of carbonyl (C=O) groups excluding carboxylic acids is 1. The molecule has 22 heteroatoms. The molecule has 0 atom stereocenters. The topological polar surface area (TPSA) is 211 Å². The van der Waals surface area contributed by atoms with Crippen LogP contribution in [0.3, 0.4) is 0 Å². The van der Waals surface area contributed by atoms with Crippen LogP contribution in [0.4, 0.5) is 0 Å². The number of carbonyl (C=O) groups is 1. The Hall–Kier alpha value is -1.59. The Balaban J connectivity index is 3.09. The summed E-state index contributed by atoms with van der Waals surface area (Å²) in [6, 6.07) is 0. The van der Waals surface area contributed by atoms with Crippen LogP contribution in [0, 0.1) is 0 Å². The molecule has 502 valence electrons. The molecule has 0 amide bonds. The molecule has 0 rings (SSSR count). The molecular formula is C62H122O22. The Morgan fingerprint density at radius 2 is 0.333 bits per heavy atom. The lowest BCUT2D eigenvalue weighted by atomic mass is 10.0. The van der Waals surface area contributed by atoms with Gasteiger partial charge < -0.3 is 99.5 Å². The fourth-order valence-electron chi connectivity index (χ4n) is 7.35. The smallest absolute Gasteiger partial charge is 0.333 e. The van der Waals surface area contributed by atoms with Crippen molar-refractivity contribution in [1.29, 1.82) is 0 Å². The number of hydrogen-bond acceptors (Lipinski definition) is 22. The first-order chi connectivity index (χ1) is 41.7. The molecule has 0 aliphatic rings. The highest BCUT2D eigenvalue weighted by Gasteiger charge is 2.03. The third-order valence-electron chi connectivity index (χ3n) is 12.0. The van der Waals surface area contributed by atoms with Gasteiger partial charge in [-0.1, -0.05) is 110 Å². The van der Waals surface area contributed by atoms with Crippen LogP contribution < -0.4 is 0 Å². The number of esters is 1. The predicted octanol–water partition coefficient (Wildman–Crippen LogP) is 7.70. The summed E-state index contributed by atoms with van der Waals surface area (Å²) in [5, 5.41) is 0. The zero-order valence-corrected chi connectivity index (χ0v) is 53.0. The maximum Gasteiger partial charge on any atom is 0.333 e. The quantitative estimate of drug-likeness (QED) is 0.0324. The van der Waals surface area contributed by atoms with E-state index in [1.807, 2.05) is 0 Å².